The Kier molecular flexibility index (Phi) is 2.57. The molecule has 4 aromatic rings. The highest BCUT2D eigenvalue weighted by molar-refractivity contribution is 5.96. The van der Waals surface area contributed by atoms with E-state index in [0.717, 1.165) is 39.3 Å². The highest BCUT2D eigenvalue weighted by Crippen LogP contribution is 2.26. The van der Waals surface area contributed by atoms with Crippen LogP contribution in [0.25, 0.3) is 21.8 Å². The maximum atomic E-state index is 4.51. The van der Waals surface area contributed by atoms with Crippen molar-refractivity contribution in [2.24, 2.45) is 0 Å². The van der Waals surface area contributed by atoms with Gasteiger partial charge in [-0.05, 0) is 31.2 Å². The lowest BCUT2D eigenvalue weighted by Crippen LogP contribution is -1.99. The van der Waals surface area contributed by atoms with Gasteiger partial charge < -0.3 is 5.32 Å². The van der Waals surface area contributed by atoms with Crippen molar-refractivity contribution in [3.63, 3.8) is 0 Å². The van der Waals surface area contributed by atoms with Crippen molar-refractivity contribution in [3.8, 4) is 0 Å². The molecule has 5 heteroatoms. The first-order valence-electron chi connectivity index (χ1n) is 6.75. The van der Waals surface area contributed by atoms with Crippen molar-refractivity contribution in [1.82, 2.24) is 20.2 Å². The third-order valence-corrected chi connectivity index (χ3v) is 3.42. The van der Waals surface area contributed by atoms with Gasteiger partial charge in [0.05, 0.1) is 11.0 Å². The van der Waals surface area contributed by atoms with Gasteiger partial charge in [0.2, 0.25) is 0 Å². The predicted molar refractivity (Wildman–Crippen MR) is 83.7 cm³/mol. The molecular weight excluding hydrogens is 262 g/mol. The third-order valence-electron chi connectivity index (χ3n) is 3.42. The molecule has 5 nitrogen and oxygen atoms in total. The number of aromatic amines is 1. The van der Waals surface area contributed by atoms with Crippen LogP contribution in [-0.4, -0.2) is 20.2 Å². The van der Waals surface area contributed by atoms with Gasteiger partial charge in [-0.2, -0.15) is 5.10 Å². The first kappa shape index (κ1) is 11.8. The first-order chi connectivity index (χ1) is 10.3. The van der Waals surface area contributed by atoms with Crippen LogP contribution in [0.1, 0.15) is 5.82 Å². The molecule has 0 aliphatic carbocycles. The lowest BCUT2D eigenvalue weighted by atomic mass is 10.2. The van der Waals surface area contributed by atoms with Crippen LogP contribution in [-0.2, 0) is 0 Å². The second-order valence-electron chi connectivity index (χ2n) is 4.88. The van der Waals surface area contributed by atoms with Crippen LogP contribution in [0.2, 0.25) is 0 Å². The van der Waals surface area contributed by atoms with Gasteiger partial charge in [0, 0.05) is 10.8 Å². The molecule has 0 atom stereocenters. The summed E-state index contributed by atoms with van der Waals surface area (Å²) in [7, 11) is 0. The van der Waals surface area contributed by atoms with E-state index in [0.29, 0.717) is 0 Å². The fourth-order valence-corrected chi connectivity index (χ4v) is 2.46. The zero-order chi connectivity index (χ0) is 14.2. The van der Waals surface area contributed by atoms with Gasteiger partial charge in [-0.1, -0.05) is 24.3 Å². The molecule has 0 bridgehead atoms. The van der Waals surface area contributed by atoms with Crippen LogP contribution in [0.5, 0.6) is 0 Å². The fraction of sp³-hybridized carbons (Fsp3) is 0.0625. The second-order valence-corrected chi connectivity index (χ2v) is 4.88. The molecule has 0 saturated carbocycles. The Morgan fingerprint density at radius 2 is 1.62 bits per heavy atom. The molecule has 2 aromatic heterocycles. The number of aryl methyl sites for hydroxylation is 1. The zero-order valence-electron chi connectivity index (χ0n) is 11.5. The number of nitrogens with one attached hydrogen (secondary N) is 2. The number of hydrogen-bond acceptors (Lipinski definition) is 4. The molecule has 0 fully saturated rings. The molecule has 2 heterocycles. The highest BCUT2D eigenvalue weighted by Gasteiger charge is 2.09. The van der Waals surface area contributed by atoms with Crippen LogP contribution in [0.15, 0.2) is 48.5 Å². The summed E-state index contributed by atoms with van der Waals surface area (Å²) in [6.45, 7) is 1.89. The number of anilines is 2. The van der Waals surface area contributed by atoms with Gasteiger partial charge in [-0.25, -0.2) is 9.97 Å². The average molecular weight is 275 g/mol. The zero-order valence-corrected chi connectivity index (χ0v) is 11.5. The van der Waals surface area contributed by atoms with E-state index in [1.54, 1.807) is 0 Å². The van der Waals surface area contributed by atoms with Gasteiger partial charge in [0.15, 0.2) is 5.82 Å². The summed E-state index contributed by atoms with van der Waals surface area (Å²) in [4.78, 5) is 8.96. The molecule has 102 valence electrons. The molecule has 0 radical (unpaired) electrons. The summed E-state index contributed by atoms with van der Waals surface area (Å²) >= 11 is 0. The number of aromatic nitrogens is 4. The molecular formula is C16H13N5. The average Bonchev–Trinajstić information content (AvgIpc) is 2.90. The van der Waals surface area contributed by atoms with Gasteiger partial charge in [0.25, 0.3) is 0 Å². The third kappa shape index (κ3) is 1.99. The van der Waals surface area contributed by atoms with E-state index in [-0.39, 0.29) is 0 Å². The lowest BCUT2D eigenvalue weighted by Gasteiger charge is -2.07. The molecule has 0 amide bonds. The number of nitrogens with zero attached hydrogens (tertiary/aromatic N) is 3. The summed E-state index contributed by atoms with van der Waals surface area (Å²) < 4.78 is 0. The van der Waals surface area contributed by atoms with Crippen LogP contribution in [0.3, 0.4) is 0 Å². The van der Waals surface area contributed by atoms with Crippen molar-refractivity contribution in [3.05, 3.63) is 54.4 Å². The van der Waals surface area contributed by atoms with Crippen LogP contribution >= 0.6 is 0 Å². The van der Waals surface area contributed by atoms with E-state index in [9.17, 15) is 0 Å². The monoisotopic (exact) mass is 275 g/mol. The summed E-state index contributed by atoms with van der Waals surface area (Å²) in [6.07, 6.45) is 0. The highest BCUT2D eigenvalue weighted by atomic mass is 15.2. The molecule has 0 unspecified atom stereocenters. The summed E-state index contributed by atoms with van der Waals surface area (Å²) in [5.74, 6) is 2.28. The Morgan fingerprint density at radius 1 is 0.857 bits per heavy atom. The summed E-state index contributed by atoms with van der Waals surface area (Å²) in [5.41, 5.74) is 1.92. The van der Waals surface area contributed by atoms with E-state index in [4.69, 9.17) is 0 Å². The van der Waals surface area contributed by atoms with E-state index in [1.807, 2.05) is 55.5 Å². The quantitative estimate of drug-likeness (QED) is 0.587. The Hall–Kier alpha value is -2.95. The standard InChI is InChI=1S/C16H13N5/c1-10-17-13-8-4-2-6-11(13)15(18-10)19-16-12-7-3-5-9-14(12)20-21-16/h2-9H,1H3,(H2,17,18,19,20,21). The minimum Gasteiger partial charge on any atom is -0.322 e. The second kappa shape index (κ2) is 4.56. The van der Waals surface area contributed by atoms with Crippen LogP contribution < -0.4 is 5.32 Å². The SMILES string of the molecule is Cc1nc(Nc2n[nH]c3ccccc23)c2ccccc2n1. The summed E-state index contributed by atoms with van der Waals surface area (Å²) in [6, 6.07) is 15.9. The number of H-pyrrole nitrogens is 1. The lowest BCUT2D eigenvalue weighted by molar-refractivity contribution is 1.08. The van der Waals surface area contributed by atoms with Crippen molar-refractivity contribution in [2.75, 3.05) is 5.32 Å². The Labute approximate surface area is 121 Å². The Bertz CT molecular complexity index is 942. The fourth-order valence-electron chi connectivity index (χ4n) is 2.46. The van der Waals surface area contributed by atoms with Gasteiger partial charge in [-0.15, -0.1) is 0 Å². The molecule has 21 heavy (non-hydrogen) atoms. The largest absolute Gasteiger partial charge is 0.322 e. The molecule has 0 saturated heterocycles. The molecule has 0 aliphatic rings. The minimum atomic E-state index is 0.732. The molecule has 2 aromatic carbocycles. The number of fused-ring (bicyclic) bond motifs is 2. The Morgan fingerprint density at radius 3 is 2.52 bits per heavy atom. The number of benzene rings is 2. The number of rotatable bonds is 2. The van der Waals surface area contributed by atoms with E-state index in [1.165, 1.54) is 0 Å². The van der Waals surface area contributed by atoms with Crippen LogP contribution in [0, 0.1) is 6.92 Å². The molecule has 0 spiro atoms. The van der Waals surface area contributed by atoms with Gasteiger partial charge in [-0.3, -0.25) is 5.10 Å². The summed E-state index contributed by atoms with van der Waals surface area (Å²) in [5, 5.41) is 12.7. The number of hydrogen-bond donors (Lipinski definition) is 2. The topological polar surface area (TPSA) is 66.5 Å². The minimum absolute atomic E-state index is 0.732. The number of para-hydroxylation sites is 2. The first-order valence-corrected chi connectivity index (χ1v) is 6.75. The van der Waals surface area contributed by atoms with E-state index < -0.39 is 0 Å². The molecule has 2 N–H and O–H groups in total. The van der Waals surface area contributed by atoms with Crippen LogP contribution in [0.4, 0.5) is 11.6 Å². The van der Waals surface area contributed by atoms with Gasteiger partial charge in [0.1, 0.15) is 11.6 Å². The molecule has 0 aliphatic heterocycles. The van der Waals surface area contributed by atoms with Crippen molar-refractivity contribution >= 4 is 33.4 Å². The Balaban J connectivity index is 1.87. The smallest absolute Gasteiger partial charge is 0.161 e. The van der Waals surface area contributed by atoms with E-state index in [2.05, 4.69) is 25.5 Å². The van der Waals surface area contributed by atoms with Gasteiger partial charge >= 0.3 is 0 Å². The maximum absolute atomic E-state index is 4.51. The maximum Gasteiger partial charge on any atom is 0.161 e. The van der Waals surface area contributed by atoms with Crippen molar-refractivity contribution < 1.29 is 0 Å². The predicted octanol–water partition coefficient (Wildman–Crippen LogP) is 3.56. The van der Waals surface area contributed by atoms with E-state index >= 15 is 0 Å². The van der Waals surface area contributed by atoms with Crippen molar-refractivity contribution in [2.45, 2.75) is 6.92 Å². The molecule has 4 rings (SSSR count). The van der Waals surface area contributed by atoms with Crippen molar-refractivity contribution in [1.29, 1.82) is 0 Å². The normalized spacial score (nSPS) is 11.1.